The molecule has 0 saturated carbocycles. The maximum atomic E-state index is 12.6. The highest BCUT2D eigenvalue weighted by Gasteiger charge is 2.19. The molecule has 2 aromatic carbocycles. The van der Waals surface area contributed by atoms with Gasteiger partial charge in [-0.15, -0.1) is 0 Å². The molecule has 2 amide bonds. The molecule has 0 aliphatic carbocycles. The number of hydrogen-bond acceptors (Lipinski definition) is 2. The Morgan fingerprint density at radius 3 is 2.32 bits per heavy atom. The minimum absolute atomic E-state index is 0.0195. The van der Waals surface area contributed by atoms with Crippen LogP contribution in [0, 0.1) is 13.8 Å². The summed E-state index contributed by atoms with van der Waals surface area (Å²) < 4.78 is 0. The van der Waals surface area contributed by atoms with E-state index in [1.165, 1.54) is 23.6 Å². The van der Waals surface area contributed by atoms with Crippen LogP contribution in [-0.4, -0.2) is 23.8 Å². The number of anilines is 1. The third kappa shape index (κ3) is 4.92. The van der Waals surface area contributed by atoms with Gasteiger partial charge >= 0.3 is 0 Å². The molecule has 1 N–H and O–H groups in total. The van der Waals surface area contributed by atoms with Crippen LogP contribution in [0.4, 0.5) is 5.69 Å². The highest BCUT2D eigenvalue weighted by atomic mass is 16.2. The summed E-state index contributed by atoms with van der Waals surface area (Å²) >= 11 is 0. The predicted octanol–water partition coefficient (Wildman–Crippen LogP) is 4.02. The van der Waals surface area contributed by atoms with Crippen molar-refractivity contribution in [3.05, 3.63) is 64.7 Å². The summed E-state index contributed by atoms with van der Waals surface area (Å²) in [6.45, 7) is 7.67. The maximum absolute atomic E-state index is 12.6. The Hall–Kier alpha value is -2.62. The molecule has 1 atom stereocenters. The third-order valence-electron chi connectivity index (χ3n) is 4.49. The summed E-state index contributed by atoms with van der Waals surface area (Å²) in [6.07, 6.45) is 0.339. The van der Waals surface area contributed by atoms with Crippen molar-refractivity contribution in [2.24, 2.45) is 0 Å². The molecule has 0 fully saturated rings. The summed E-state index contributed by atoms with van der Waals surface area (Å²) in [5.74, 6) is -0.0356. The summed E-state index contributed by atoms with van der Waals surface area (Å²) in [7, 11) is 1.85. The number of amides is 2. The lowest BCUT2D eigenvalue weighted by atomic mass is 9.98. The largest absolute Gasteiger partial charge is 0.339 e. The maximum Gasteiger partial charge on any atom is 0.227 e. The normalized spacial score (nSPS) is 11.7. The summed E-state index contributed by atoms with van der Waals surface area (Å²) in [5.41, 5.74) is 5.23. The number of aryl methyl sites for hydroxylation is 2. The molecule has 0 heterocycles. The Bertz CT molecular complexity index is 766. The lowest BCUT2D eigenvalue weighted by Gasteiger charge is -2.27. The first kappa shape index (κ1) is 18.7. The van der Waals surface area contributed by atoms with Crippen LogP contribution in [0.2, 0.25) is 0 Å². The third-order valence-corrected chi connectivity index (χ3v) is 4.49. The molecule has 0 aliphatic heterocycles. The molecule has 2 aromatic rings. The average molecular weight is 338 g/mol. The molecule has 0 aromatic heterocycles. The Morgan fingerprint density at radius 2 is 1.72 bits per heavy atom. The topological polar surface area (TPSA) is 49.4 Å². The fourth-order valence-corrected chi connectivity index (χ4v) is 2.84. The number of hydrogen-bond donors (Lipinski definition) is 1. The van der Waals surface area contributed by atoms with Crippen molar-refractivity contribution in [2.45, 2.75) is 40.2 Å². The van der Waals surface area contributed by atoms with Crippen LogP contribution in [0.3, 0.4) is 0 Å². The van der Waals surface area contributed by atoms with Crippen molar-refractivity contribution in [1.29, 1.82) is 0 Å². The van der Waals surface area contributed by atoms with Gasteiger partial charge in [0.2, 0.25) is 11.8 Å². The molecular formula is C21H26N2O2. The minimum Gasteiger partial charge on any atom is -0.339 e. The van der Waals surface area contributed by atoms with Crippen molar-refractivity contribution in [2.75, 3.05) is 12.4 Å². The Morgan fingerprint density at radius 1 is 1.08 bits per heavy atom. The number of benzene rings is 2. The van der Waals surface area contributed by atoms with Crippen molar-refractivity contribution < 1.29 is 9.59 Å². The van der Waals surface area contributed by atoms with Gasteiger partial charge in [-0.3, -0.25) is 9.59 Å². The number of nitrogens with one attached hydrogen (secondary N) is 1. The van der Waals surface area contributed by atoms with E-state index in [0.717, 1.165) is 11.3 Å². The first-order valence-electron chi connectivity index (χ1n) is 8.47. The van der Waals surface area contributed by atoms with Crippen LogP contribution in [0.5, 0.6) is 0 Å². The van der Waals surface area contributed by atoms with Crippen LogP contribution in [0.1, 0.15) is 42.1 Å². The van der Waals surface area contributed by atoms with E-state index in [-0.39, 0.29) is 17.9 Å². The second kappa shape index (κ2) is 7.97. The number of carbonyl (C=O) groups is 2. The number of rotatable bonds is 5. The molecule has 0 saturated heterocycles. The van der Waals surface area contributed by atoms with Gasteiger partial charge in [0.1, 0.15) is 0 Å². The standard InChI is InChI=1S/C21H26N2O2/c1-14-6-7-15(2)20(12-14)16(3)23(5)21(25)13-18-8-10-19(11-9-18)22-17(4)24/h6-12,16H,13H2,1-5H3,(H,22,24)/t16-/m0/s1. The van der Waals surface area contributed by atoms with E-state index < -0.39 is 0 Å². The fourth-order valence-electron chi connectivity index (χ4n) is 2.84. The van der Waals surface area contributed by atoms with Gasteiger partial charge in [-0.25, -0.2) is 0 Å². The van der Waals surface area contributed by atoms with E-state index >= 15 is 0 Å². The van der Waals surface area contributed by atoms with Gasteiger partial charge in [0, 0.05) is 19.7 Å². The van der Waals surface area contributed by atoms with Crippen molar-refractivity contribution in [3.8, 4) is 0 Å². The molecular weight excluding hydrogens is 312 g/mol. The van der Waals surface area contributed by atoms with Crippen LogP contribution in [0.25, 0.3) is 0 Å². The fraction of sp³-hybridized carbons (Fsp3) is 0.333. The molecule has 0 unspecified atom stereocenters. The molecule has 132 valence electrons. The van der Waals surface area contributed by atoms with Crippen LogP contribution < -0.4 is 5.32 Å². The Balaban J connectivity index is 2.06. The molecule has 0 spiro atoms. The highest BCUT2D eigenvalue weighted by molar-refractivity contribution is 5.88. The summed E-state index contributed by atoms with van der Waals surface area (Å²) in [5, 5.41) is 2.73. The molecule has 4 heteroatoms. The van der Waals surface area contributed by atoms with E-state index in [0.29, 0.717) is 6.42 Å². The molecule has 2 rings (SSSR count). The summed E-state index contributed by atoms with van der Waals surface area (Å²) in [4.78, 5) is 25.5. The minimum atomic E-state index is -0.106. The number of nitrogens with zero attached hydrogens (tertiary/aromatic N) is 1. The van der Waals surface area contributed by atoms with Crippen molar-refractivity contribution >= 4 is 17.5 Å². The van der Waals surface area contributed by atoms with Gasteiger partial charge in [-0.2, -0.15) is 0 Å². The smallest absolute Gasteiger partial charge is 0.227 e. The molecule has 4 nitrogen and oxygen atoms in total. The average Bonchev–Trinajstić information content (AvgIpc) is 2.57. The van der Waals surface area contributed by atoms with E-state index in [2.05, 4.69) is 44.3 Å². The van der Waals surface area contributed by atoms with Crippen molar-refractivity contribution in [3.63, 3.8) is 0 Å². The lowest BCUT2D eigenvalue weighted by molar-refractivity contribution is -0.131. The molecule has 0 aliphatic rings. The van der Waals surface area contributed by atoms with Crippen molar-refractivity contribution in [1.82, 2.24) is 4.90 Å². The van der Waals surface area contributed by atoms with E-state index in [1.54, 1.807) is 4.90 Å². The van der Waals surface area contributed by atoms with Gasteiger partial charge in [-0.1, -0.05) is 35.9 Å². The zero-order valence-corrected chi connectivity index (χ0v) is 15.6. The second-order valence-corrected chi connectivity index (χ2v) is 6.60. The molecule has 25 heavy (non-hydrogen) atoms. The molecule has 0 bridgehead atoms. The lowest BCUT2D eigenvalue weighted by Crippen LogP contribution is -2.31. The Kier molecular flexibility index (Phi) is 5.97. The number of carbonyl (C=O) groups excluding carboxylic acids is 2. The predicted molar refractivity (Wildman–Crippen MR) is 102 cm³/mol. The second-order valence-electron chi connectivity index (χ2n) is 6.60. The van der Waals surface area contributed by atoms with Gasteiger partial charge in [0.25, 0.3) is 0 Å². The quantitative estimate of drug-likeness (QED) is 0.895. The Labute approximate surface area is 149 Å². The SMILES string of the molecule is CC(=O)Nc1ccc(CC(=O)N(C)[C@@H](C)c2cc(C)ccc2C)cc1. The van der Waals surface area contributed by atoms with E-state index in [4.69, 9.17) is 0 Å². The van der Waals surface area contributed by atoms with Gasteiger partial charge in [0.15, 0.2) is 0 Å². The van der Waals surface area contributed by atoms with Gasteiger partial charge in [0.05, 0.1) is 12.5 Å². The van der Waals surface area contributed by atoms with E-state index in [1.807, 2.05) is 31.3 Å². The number of likely N-dealkylation sites (N-methyl/N-ethyl adjacent to an activating group) is 1. The first-order valence-corrected chi connectivity index (χ1v) is 8.47. The van der Waals surface area contributed by atoms with Crippen LogP contribution in [-0.2, 0) is 16.0 Å². The zero-order valence-electron chi connectivity index (χ0n) is 15.6. The zero-order chi connectivity index (χ0) is 18.6. The van der Waals surface area contributed by atoms with Gasteiger partial charge < -0.3 is 10.2 Å². The summed E-state index contributed by atoms with van der Waals surface area (Å²) in [6, 6.07) is 13.7. The van der Waals surface area contributed by atoms with E-state index in [9.17, 15) is 9.59 Å². The monoisotopic (exact) mass is 338 g/mol. The van der Waals surface area contributed by atoms with Gasteiger partial charge in [-0.05, 0) is 49.6 Å². The van der Waals surface area contributed by atoms with Crippen LogP contribution >= 0.6 is 0 Å². The highest BCUT2D eigenvalue weighted by Crippen LogP contribution is 2.24. The first-order chi connectivity index (χ1) is 11.8. The molecule has 0 radical (unpaired) electrons. The van der Waals surface area contributed by atoms with Crippen LogP contribution in [0.15, 0.2) is 42.5 Å².